The lowest BCUT2D eigenvalue weighted by Gasteiger charge is -2.25. The van der Waals surface area contributed by atoms with Gasteiger partial charge in [0, 0.05) is 23.0 Å². The lowest BCUT2D eigenvalue weighted by atomic mass is 10.1. The highest BCUT2D eigenvalue weighted by Crippen LogP contribution is 2.30. The van der Waals surface area contributed by atoms with Gasteiger partial charge in [0.15, 0.2) is 10.8 Å². The molecule has 0 N–H and O–H groups in total. The first kappa shape index (κ1) is 22.4. The van der Waals surface area contributed by atoms with E-state index >= 15 is 0 Å². The lowest BCUT2D eigenvalue weighted by molar-refractivity contribution is 0.122. The van der Waals surface area contributed by atoms with Gasteiger partial charge in [-0.2, -0.15) is 4.98 Å². The van der Waals surface area contributed by atoms with E-state index in [0.717, 1.165) is 39.3 Å². The van der Waals surface area contributed by atoms with Gasteiger partial charge in [0.2, 0.25) is 0 Å². The summed E-state index contributed by atoms with van der Waals surface area (Å²) in [6.07, 6.45) is 0. The van der Waals surface area contributed by atoms with Gasteiger partial charge in [-0.05, 0) is 36.2 Å². The molecule has 0 bridgehead atoms. The van der Waals surface area contributed by atoms with Crippen LogP contribution in [0.25, 0.3) is 10.3 Å². The van der Waals surface area contributed by atoms with Crippen LogP contribution >= 0.6 is 34.7 Å². The highest BCUT2D eigenvalue weighted by Gasteiger charge is 2.21. The van der Waals surface area contributed by atoms with E-state index in [1.165, 1.54) is 11.3 Å². The van der Waals surface area contributed by atoms with E-state index in [9.17, 15) is 4.79 Å². The fourth-order valence-corrected chi connectivity index (χ4v) is 5.86. The summed E-state index contributed by atoms with van der Waals surface area (Å²) >= 11 is 9.47. The number of hydrogen-bond acceptors (Lipinski definition) is 7. The van der Waals surface area contributed by atoms with Gasteiger partial charge in [0.1, 0.15) is 10.5 Å². The average molecular weight is 499 g/mol. The summed E-state index contributed by atoms with van der Waals surface area (Å²) in [5.74, 6) is 1.28. The predicted octanol–water partition coefficient (Wildman–Crippen LogP) is 4.99. The number of anilines is 1. The van der Waals surface area contributed by atoms with Crippen molar-refractivity contribution in [1.29, 1.82) is 0 Å². The maximum atomic E-state index is 13.0. The molecule has 1 aliphatic heterocycles. The van der Waals surface area contributed by atoms with Crippen LogP contribution in [0.5, 0.6) is 0 Å². The van der Waals surface area contributed by atoms with Gasteiger partial charge in [0.05, 0.1) is 25.5 Å². The van der Waals surface area contributed by atoms with Crippen LogP contribution in [0.2, 0.25) is 5.02 Å². The molecule has 1 aliphatic rings. The summed E-state index contributed by atoms with van der Waals surface area (Å²) in [7, 11) is 0. The Morgan fingerprint density at radius 1 is 1.09 bits per heavy atom. The number of fused-ring (bicyclic) bond motifs is 1. The minimum Gasteiger partial charge on any atom is -0.378 e. The SMILES string of the molecule is Cc1c(Cl)cccc1Cn1c(CSc2ccccc2)nc(=O)c2sc(N3CCOCC3)nc21. The Balaban J connectivity index is 1.59. The molecule has 2 aromatic carbocycles. The van der Waals surface area contributed by atoms with Crippen molar-refractivity contribution in [3.05, 3.63) is 80.9 Å². The van der Waals surface area contributed by atoms with E-state index in [1.54, 1.807) is 11.8 Å². The van der Waals surface area contributed by atoms with E-state index in [2.05, 4.69) is 32.7 Å². The molecule has 6 nitrogen and oxygen atoms in total. The standard InChI is InChI=1S/C24H23ClN4O2S2/c1-16-17(6-5-9-19(16)25)14-29-20(15-32-18-7-3-2-4-8-18)26-23(30)21-22(29)27-24(33-21)28-10-12-31-13-11-28/h2-9H,10-15H2,1H3. The number of thioether (sulfide) groups is 1. The van der Waals surface area contributed by atoms with Crippen LogP contribution in [-0.2, 0) is 17.0 Å². The highest BCUT2D eigenvalue weighted by molar-refractivity contribution is 7.98. The van der Waals surface area contributed by atoms with Crippen LogP contribution in [0.15, 0.2) is 58.2 Å². The van der Waals surface area contributed by atoms with Crippen LogP contribution in [0, 0.1) is 6.92 Å². The second-order valence-electron chi connectivity index (χ2n) is 7.79. The van der Waals surface area contributed by atoms with Gasteiger partial charge in [0.25, 0.3) is 5.56 Å². The lowest BCUT2D eigenvalue weighted by Crippen LogP contribution is -2.36. The Morgan fingerprint density at radius 2 is 1.88 bits per heavy atom. The second-order valence-corrected chi connectivity index (χ2v) is 10.2. The van der Waals surface area contributed by atoms with Crippen LogP contribution in [-0.4, -0.2) is 40.8 Å². The van der Waals surface area contributed by atoms with Crippen LogP contribution < -0.4 is 10.5 Å². The minimum absolute atomic E-state index is 0.218. The summed E-state index contributed by atoms with van der Waals surface area (Å²) in [5.41, 5.74) is 2.58. The molecular weight excluding hydrogens is 476 g/mol. The monoisotopic (exact) mass is 498 g/mol. The number of ether oxygens (including phenoxy) is 1. The molecule has 0 saturated carbocycles. The van der Waals surface area contributed by atoms with Gasteiger partial charge in [-0.1, -0.05) is 53.3 Å². The molecule has 0 atom stereocenters. The number of nitrogens with zero attached hydrogens (tertiary/aromatic N) is 4. The maximum Gasteiger partial charge on any atom is 0.292 e. The maximum absolute atomic E-state index is 13.0. The van der Waals surface area contributed by atoms with Crippen LogP contribution in [0.4, 0.5) is 5.13 Å². The van der Waals surface area contributed by atoms with E-state index < -0.39 is 0 Å². The molecule has 0 aliphatic carbocycles. The van der Waals surface area contributed by atoms with E-state index in [1.807, 2.05) is 37.3 Å². The van der Waals surface area contributed by atoms with Crippen molar-refractivity contribution >= 4 is 50.2 Å². The van der Waals surface area contributed by atoms with Gasteiger partial charge in [-0.25, -0.2) is 4.98 Å². The normalized spacial score (nSPS) is 14.2. The zero-order valence-corrected chi connectivity index (χ0v) is 20.6. The fourth-order valence-electron chi connectivity index (χ4n) is 3.80. The van der Waals surface area contributed by atoms with Gasteiger partial charge < -0.3 is 14.2 Å². The molecule has 0 spiro atoms. The number of hydrogen-bond donors (Lipinski definition) is 0. The molecule has 1 saturated heterocycles. The molecule has 0 unspecified atom stereocenters. The van der Waals surface area contributed by atoms with Crippen molar-refractivity contribution < 1.29 is 4.74 Å². The van der Waals surface area contributed by atoms with Crippen molar-refractivity contribution in [2.75, 3.05) is 31.2 Å². The van der Waals surface area contributed by atoms with Crippen molar-refractivity contribution in [2.45, 2.75) is 24.1 Å². The zero-order chi connectivity index (χ0) is 22.8. The minimum atomic E-state index is -0.218. The molecule has 5 rings (SSSR count). The number of aromatic nitrogens is 3. The third-order valence-corrected chi connectivity index (χ3v) is 8.20. The molecule has 2 aromatic heterocycles. The first-order chi connectivity index (χ1) is 16.1. The van der Waals surface area contributed by atoms with E-state index in [-0.39, 0.29) is 5.56 Å². The van der Waals surface area contributed by atoms with Crippen molar-refractivity contribution in [1.82, 2.24) is 14.5 Å². The third kappa shape index (κ3) is 4.80. The Kier molecular flexibility index (Phi) is 6.69. The summed E-state index contributed by atoms with van der Waals surface area (Å²) in [4.78, 5) is 25.8. The van der Waals surface area contributed by atoms with E-state index in [0.29, 0.717) is 41.7 Å². The Bertz CT molecular complexity index is 1330. The number of rotatable bonds is 6. The predicted molar refractivity (Wildman–Crippen MR) is 136 cm³/mol. The first-order valence-electron chi connectivity index (χ1n) is 10.7. The molecule has 1 fully saturated rings. The summed E-state index contributed by atoms with van der Waals surface area (Å²) in [5, 5.41) is 1.57. The van der Waals surface area contributed by atoms with Crippen molar-refractivity contribution in [3.8, 4) is 0 Å². The van der Waals surface area contributed by atoms with Gasteiger partial charge in [-0.3, -0.25) is 4.79 Å². The first-order valence-corrected chi connectivity index (χ1v) is 12.9. The van der Waals surface area contributed by atoms with Crippen LogP contribution in [0.3, 0.4) is 0 Å². The molecular formula is C24H23ClN4O2S2. The summed E-state index contributed by atoms with van der Waals surface area (Å²) < 4.78 is 8.14. The zero-order valence-electron chi connectivity index (χ0n) is 18.2. The Morgan fingerprint density at radius 3 is 2.67 bits per heavy atom. The molecule has 4 aromatic rings. The molecule has 33 heavy (non-hydrogen) atoms. The van der Waals surface area contributed by atoms with E-state index in [4.69, 9.17) is 21.3 Å². The Labute approximate surface area is 205 Å². The van der Waals surface area contributed by atoms with Crippen molar-refractivity contribution in [2.24, 2.45) is 0 Å². The average Bonchev–Trinajstić information content (AvgIpc) is 3.30. The second kappa shape index (κ2) is 9.85. The van der Waals surface area contributed by atoms with Crippen LogP contribution in [0.1, 0.15) is 17.0 Å². The quantitative estimate of drug-likeness (QED) is 0.349. The summed E-state index contributed by atoms with van der Waals surface area (Å²) in [6, 6.07) is 16.1. The van der Waals surface area contributed by atoms with Gasteiger partial charge in [-0.15, -0.1) is 11.8 Å². The fraction of sp³-hybridized carbons (Fsp3) is 0.292. The largest absolute Gasteiger partial charge is 0.378 e. The molecule has 0 amide bonds. The molecule has 170 valence electrons. The summed E-state index contributed by atoms with van der Waals surface area (Å²) in [6.45, 7) is 5.44. The third-order valence-electron chi connectivity index (χ3n) is 5.69. The van der Waals surface area contributed by atoms with Crippen molar-refractivity contribution in [3.63, 3.8) is 0 Å². The highest BCUT2D eigenvalue weighted by atomic mass is 35.5. The van der Waals surface area contributed by atoms with Gasteiger partial charge >= 0.3 is 0 Å². The number of benzene rings is 2. The Hall–Kier alpha value is -2.39. The molecule has 3 heterocycles. The molecule has 0 radical (unpaired) electrons. The number of thiazole rings is 1. The topological polar surface area (TPSA) is 60.2 Å². The molecule has 9 heteroatoms. The number of halogens is 1. The smallest absolute Gasteiger partial charge is 0.292 e. The number of morpholine rings is 1.